The van der Waals surface area contributed by atoms with E-state index in [1.807, 2.05) is 24.3 Å². The van der Waals surface area contributed by atoms with Crippen molar-refractivity contribution in [2.45, 2.75) is 25.9 Å². The van der Waals surface area contributed by atoms with Gasteiger partial charge in [0.25, 0.3) is 0 Å². The second-order valence-electron chi connectivity index (χ2n) is 6.89. The van der Waals surface area contributed by atoms with Crippen LogP contribution in [0, 0.1) is 5.82 Å². The molecule has 3 nitrogen and oxygen atoms in total. The smallest absolute Gasteiger partial charge is 0.123 e. The summed E-state index contributed by atoms with van der Waals surface area (Å²) in [5, 5.41) is 0. The molecule has 1 saturated heterocycles. The molecule has 0 aliphatic carbocycles. The second-order valence-corrected chi connectivity index (χ2v) is 6.89. The molecule has 3 rings (SSSR count). The van der Waals surface area contributed by atoms with E-state index in [0.717, 1.165) is 37.5 Å². The minimum atomic E-state index is -0.193. The Morgan fingerprint density at radius 2 is 1.28 bits per heavy atom. The van der Waals surface area contributed by atoms with Crippen LogP contribution < -0.4 is 4.74 Å². The predicted octanol–water partition coefficient (Wildman–Crippen LogP) is 3.95. The van der Waals surface area contributed by atoms with Crippen LogP contribution in [0.4, 0.5) is 4.39 Å². The zero-order chi connectivity index (χ0) is 17.8. The Kier molecular flexibility index (Phi) is 5.71. The zero-order valence-electron chi connectivity index (χ0n) is 15.3. The minimum absolute atomic E-state index is 0.140. The van der Waals surface area contributed by atoms with Crippen molar-refractivity contribution in [3.63, 3.8) is 0 Å². The van der Waals surface area contributed by atoms with Gasteiger partial charge in [-0.2, -0.15) is 0 Å². The fraction of sp³-hybridized carbons (Fsp3) is 0.429. The number of nitrogens with zero attached hydrogens (tertiary/aromatic N) is 2. The van der Waals surface area contributed by atoms with Crippen LogP contribution >= 0.6 is 0 Å². The summed E-state index contributed by atoms with van der Waals surface area (Å²) in [5.41, 5.74) is 2.34. The van der Waals surface area contributed by atoms with Crippen molar-refractivity contribution in [1.29, 1.82) is 0 Å². The Morgan fingerprint density at radius 1 is 0.800 bits per heavy atom. The van der Waals surface area contributed by atoms with Crippen molar-refractivity contribution in [3.05, 3.63) is 65.5 Å². The zero-order valence-corrected chi connectivity index (χ0v) is 15.3. The standard InChI is InChI=1S/C21H27FN2O/c1-16(2)23-12-14-24(15-13-23)21(17-4-8-19(22)9-5-17)18-6-10-20(25-3)11-7-18/h4-11,16,21H,12-15H2,1-3H3. The van der Waals surface area contributed by atoms with Crippen LogP contribution in [0.5, 0.6) is 5.75 Å². The quantitative estimate of drug-likeness (QED) is 0.818. The SMILES string of the molecule is COc1ccc(C(c2ccc(F)cc2)N2CCN(C(C)C)CC2)cc1. The molecule has 0 saturated carbocycles. The fourth-order valence-corrected chi connectivity index (χ4v) is 3.56. The van der Waals surface area contributed by atoms with E-state index in [1.54, 1.807) is 19.2 Å². The van der Waals surface area contributed by atoms with Gasteiger partial charge in [0.2, 0.25) is 0 Å². The lowest BCUT2D eigenvalue weighted by atomic mass is 9.96. The molecule has 0 bridgehead atoms. The van der Waals surface area contributed by atoms with Gasteiger partial charge in [-0.25, -0.2) is 4.39 Å². The molecule has 0 amide bonds. The molecular weight excluding hydrogens is 315 g/mol. The van der Waals surface area contributed by atoms with E-state index in [2.05, 4.69) is 35.8 Å². The number of hydrogen-bond donors (Lipinski definition) is 0. The van der Waals surface area contributed by atoms with E-state index < -0.39 is 0 Å². The Bertz CT molecular complexity index is 661. The average Bonchev–Trinajstić information content (AvgIpc) is 2.64. The molecule has 1 aliphatic heterocycles. The summed E-state index contributed by atoms with van der Waals surface area (Å²) in [6, 6.07) is 15.8. The summed E-state index contributed by atoms with van der Waals surface area (Å²) < 4.78 is 18.7. The molecule has 1 aliphatic rings. The first kappa shape index (κ1) is 17.9. The van der Waals surface area contributed by atoms with Crippen LogP contribution in [0.1, 0.15) is 31.0 Å². The van der Waals surface area contributed by atoms with Gasteiger partial charge in [0.1, 0.15) is 11.6 Å². The first-order valence-electron chi connectivity index (χ1n) is 8.96. The van der Waals surface area contributed by atoms with Crippen LogP contribution in [0.3, 0.4) is 0 Å². The Balaban J connectivity index is 1.88. The van der Waals surface area contributed by atoms with E-state index in [1.165, 1.54) is 5.56 Å². The average molecular weight is 342 g/mol. The highest BCUT2D eigenvalue weighted by atomic mass is 19.1. The van der Waals surface area contributed by atoms with Crippen molar-refractivity contribution in [1.82, 2.24) is 9.80 Å². The molecule has 1 atom stereocenters. The number of methoxy groups -OCH3 is 1. The molecule has 4 heteroatoms. The van der Waals surface area contributed by atoms with Crippen molar-refractivity contribution in [2.75, 3.05) is 33.3 Å². The molecular formula is C21H27FN2O. The van der Waals surface area contributed by atoms with Gasteiger partial charge in [-0.15, -0.1) is 0 Å². The predicted molar refractivity (Wildman–Crippen MR) is 99.5 cm³/mol. The van der Waals surface area contributed by atoms with E-state index in [0.29, 0.717) is 6.04 Å². The molecule has 0 N–H and O–H groups in total. The maximum atomic E-state index is 13.4. The molecule has 25 heavy (non-hydrogen) atoms. The molecule has 0 spiro atoms. The van der Waals surface area contributed by atoms with Crippen LogP contribution in [0.15, 0.2) is 48.5 Å². The van der Waals surface area contributed by atoms with Gasteiger partial charge in [0.15, 0.2) is 0 Å². The minimum Gasteiger partial charge on any atom is -0.497 e. The summed E-state index contributed by atoms with van der Waals surface area (Å²) in [6.07, 6.45) is 0. The third-order valence-corrected chi connectivity index (χ3v) is 5.06. The lowest BCUT2D eigenvalue weighted by Gasteiger charge is -2.41. The Labute approximate surface area is 150 Å². The summed E-state index contributed by atoms with van der Waals surface area (Å²) in [4.78, 5) is 5.00. The van der Waals surface area contributed by atoms with Gasteiger partial charge in [-0.3, -0.25) is 9.80 Å². The van der Waals surface area contributed by atoms with Crippen LogP contribution in [0.25, 0.3) is 0 Å². The molecule has 1 fully saturated rings. The van der Waals surface area contributed by atoms with E-state index in [-0.39, 0.29) is 11.9 Å². The van der Waals surface area contributed by atoms with Crippen LogP contribution in [0.2, 0.25) is 0 Å². The highest BCUT2D eigenvalue weighted by Gasteiger charge is 2.27. The van der Waals surface area contributed by atoms with Crippen LogP contribution in [-0.4, -0.2) is 49.1 Å². The lowest BCUT2D eigenvalue weighted by Crippen LogP contribution is -2.49. The van der Waals surface area contributed by atoms with Crippen molar-refractivity contribution in [2.24, 2.45) is 0 Å². The summed E-state index contributed by atoms with van der Waals surface area (Å²) in [7, 11) is 1.68. The summed E-state index contributed by atoms with van der Waals surface area (Å²) in [6.45, 7) is 8.63. The molecule has 2 aromatic rings. The largest absolute Gasteiger partial charge is 0.497 e. The Hall–Kier alpha value is -1.91. The van der Waals surface area contributed by atoms with Gasteiger partial charge < -0.3 is 4.74 Å². The number of ether oxygens (including phenoxy) is 1. The highest BCUT2D eigenvalue weighted by Crippen LogP contribution is 2.31. The molecule has 134 valence electrons. The van der Waals surface area contributed by atoms with Crippen LogP contribution in [-0.2, 0) is 0 Å². The number of hydrogen-bond acceptors (Lipinski definition) is 3. The van der Waals surface area contributed by atoms with Gasteiger partial charge >= 0.3 is 0 Å². The molecule has 0 radical (unpaired) electrons. The van der Waals surface area contributed by atoms with Crippen molar-refractivity contribution >= 4 is 0 Å². The van der Waals surface area contributed by atoms with Gasteiger partial charge in [-0.05, 0) is 49.2 Å². The van der Waals surface area contributed by atoms with E-state index in [9.17, 15) is 4.39 Å². The third-order valence-electron chi connectivity index (χ3n) is 5.06. The topological polar surface area (TPSA) is 15.7 Å². The first-order chi connectivity index (χ1) is 12.1. The normalized spacial score (nSPS) is 17.6. The monoisotopic (exact) mass is 342 g/mol. The fourth-order valence-electron chi connectivity index (χ4n) is 3.56. The molecule has 2 aromatic carbocycles. The van der Waals surface area contributed by atoms with Crippen molar-refractivity contribution in [3.8, 4) is 5.75 Å². The summed E-state index contributed by atoms with van der Waals surface area (Å²) in [5.74, 6) is 0.660. The third kappa shape index (κ3) is 4.20. The first-order valence-corrected chi connectivity index (χ1v) is 8.96. The lowest BCUT2D eigenvalue weighted by molar-refractivity contribution is 0.0892. The van der Waals surface area contributed by atoms with Crippen molar-refractivity contribution < 1.29 is 9.13 Å². The molecule has 1 heterocycles. The molecule has 0 aromatic heterocycles. The van der Waals surface area contributed by atoms with Gasteiger partial charge in [0.05, 0.1) is 13.2 Å². The van der Waals surface area contributed by atoms with E-state index in [4.69, 9.17) is 4.74 Å². The van der Waals surface area contributed by atoms with E-state index >= 15 is 0 Å². The summed E-state index contributed by atoms with van der Waals surface area (Å²) >= 11 is 0. The maximum absolute atomic E-state index is 13.4. The maximum Gasteiger partial charge on any atom is 0.123 e. The number of piperazine rings is 1. The Morgan fingerprint density at radius 3 is 1.76 bits per heavy atom. The van der Waals surface area contributed by atoms with Gasteiger partial charge in [-0.1, -0.05) is 24.3 Å². The second kappa shape index (κ2) is 7.98. The number of halogens is 1. The number of rotatable bonds is 5. The highest BCUT2D eigenvalue weighted by molar-refractivity contribution is 5.36. The van der Waals surface area contributed by atoms with Gasteiger partial charge in [0, 0.05) is 32.2 Å². The molecule has 1 unspecified atom stereocenters. The number of benzene rings is 2.